The SMILES string of the molecule is COc1ccc(-c2ccc(CCl)c(=O)n2C)c(OC)c1. The van der Waals surface area contributed by atoms with Crippen molar-refractivity contribution in [1.29, 1.82) is 0 Å². The van der Waals surface area contributed by atoms with Crippen molar-refractivity contribution in [3.63, 3.8) is 0 Å². The lowest BCUT2D eigenvalue weighted by molar-refractivity contribution is 0.395. The summed E-state index contributed by atoms with van der Waals surface area (Å²) in [5.74, 6) is 1.55. The van der Waals surface area contributed by atoms with Crippen LogP contribution in [0.4, 0.5) is 0 Å². The van der Waals surface area contributed by atoms with E-state index in [1.165, 1.54) is 0 Å². The molecule has 0 unspecified atom stereocenters. The quantitative estimate of drug-likeness (QED) is 0.814. The number of aromatic nitrogens is 1. The van der Waals surface area contributed by atoms with Gasteiger partial charge in [-0.05, 0) is 18.2 Å². The zero-order chi connectivity index (χ0) is 14.7. The van der Waals surface area contributed by atoms with Gasteiger partial charge in [0, 0.05) is 24.2 Å². The summed E-state index contributed by atoms with van der Waals surface area (Å²) >= 11 is 5.75. The summed E-state index contributed by atoms with van der Waals surface area (Å²) in [5.41, 5.74) is 2.07. The van der Waals surface area contributed by atoms with Crippen molar-refractivity contribution < 1.29 is 9.47 Å². The van der Waals surface area contributed by atoms with E-state index in [1.54, 1.807) is 38.0 Å². The molecule has 0 atom stereocenters. The van der Waals surface area contributed by atoms with Gasteiger partial charge in [0.1, 0.15) is 11.5 Å². The molecule has 1 heterocycles. The van der Waals surface area contributed by atoms with E-state index in [4.69, 9.17) is 21.1 Å². The van der Waals surface area contributed by atoms with Gasteiger partial charge in [-0.1, -0.05) is 6.07 Å². The van der Waals surface area contributed by atoms with Gasteiger partial charge in [-0.25, -0.2) is 0 Å². The molecule has 0 saturated heterocycles. The molecule has 0 N–H and O–H groups in total. The molecule has 0 bridgehead atoms. The fraction of sp³-hybridized carbons (Fsp3) is 0.267. The van der Waals surface area contributed by atoms with Gasteiger partial charge in [-0.15, -0.1) is 11.6 Å². The highest BCUT2D eigenvalue weighted by Crippen LogP contribution is 2.32. The molecule has 20 heavy (non-hydrogen) atoms. The predicted molar refractivity (Wildman–Crippen MR) is 79.8 cm³/mol. The van der Waals surface area contributed by atoms with Crippen LogP contribution in [0.15, 0.2) is 35.1 Å². The highest BCUT2D eigenvalue weighted by atomic mass is 35.5. The highest BCUT2D eigenvalue weighted by molar-refractivity contribution is 6.17. The normalized spacial score (nSPS) is 10.4. The molecule has 4 nitrogen and oxygen atoms in total. The third-order valence-electron chi connectivity index (χ3n) is 3.21. The minimum atomic E-state index is -0.102. The predicted octanol–water partition coefficient (Wildman–Crippen LogP) is 2.81. The monoisotopic (exact) mass is 293 g/mol. The van der Waals surface area contributed by atoms with Crippen molar-refractivity contribution in [3.8, 4) is 22.8 Å². The molecule has 0 fully saturated rings. The van der Waals surface area contributed by atoms with Crippen LogP contribution in [-0.4, -0.2) is 18.8 Å². The van der Waals surface area contributed by atoms with Crippen molar-refractivity contribution >= 4 is 11.6 Å². The van der Waals surface area contributed by atoms with Gasteiger partial charge < -0.3 is 14.0 Å². The molecule has 2 aromatic rings. The van der Waals surface area contributed by atoms with Gasteiger partial charge in [-0.2, -0.15) is 0 Å². The molecule has 1 aromatic heterocycles. The summed E-state index contributed by atoms with van der Waals surface area (Å²) in [4.78, 5) is 12.1. The van der Waals surface area contributed by atoms with E-state index in [0.29, 0.717) is 17.1 Å². The molecular formula is C15H16ClNO3. The highest BCUT2D eigenvalue weighted by Gasteiger charge is 2.12. The molecule has 106 valence electrons. The number of nitrogens with zero attached hydrogens (tertiary/aromatic N) is 1. The molecule has 1 aromatic carbocycles. The number of alkyl halides is 1. The summed E-state index contributed by atoms with van der Waals surface area (Å²) in [7, 11) is 4.90. The molecule has 0 aliphatic rings. The molecule has 0 amide bonds. The van der Waals surface area contributed by atoms with Crippen LogP contribution in [0, 0.1) is 0 Å². The second kappa shape index (κ2) is 6.01. The van der Waals surface area contributed by atoms with Crippen molar-refractivity contribution in [2.24, 2.45) is 7.05 Å². The molecule has 0 aliphatic carbocycles. The Kier molecular flexibility index (Phi) is 4.35. The zero-order valence-electron chi connectivity index (χ0n) is 11.6. The van der Waals surface area contributed by atoms with Crippen LogP contribution in [0.3, 0.4) is 0 Å². The van der Waals surface area contributed by atoms with E-state index < -0.39 is 0 Å². The minimum absolute atomic E-state index is 0.102. The van der Waals surface area contributed by atoms with Crippen LogP contribution in [0.5, 0.6) is 11.5 Å². The van der Waals surface area contributed by atoms with Gasteiger partial charge in [0.05, 0.1) is 25.8 Å². The second-order valence-electron chi connectivity index (χ2n) is 4.31. The van der Waals surface area contributed by atoms with Crippen LogP contribution in [-0.2, 0) is 12.9 Å². The van der Waals surface area contributed by atoms with E-state index in [-0.39, 0.29) is 11.4 Å². The Morgan fingerprint density at radius 2 is 1.90 bits per heavy atom. The topological polar surface area (TPSA) is 40.5 Å². The minimum Gasteiger partial charge on any atom is -0.497 e. The maximum absolute atomic E-state index is 12.1. The molecule has 0 saturated carbocycles. The maximum atomic E-state index is 12.1. The Labute approximate surface area is 122 Å². The number of hydrogen-bond donors (Lipinski definition) is 0. The van der Waals surface area contributed by atoms with E-state index >= 15 is 0 Å². The van der Waals surface area contributed by atoms with Crippen molar-refractivity contribution in [1.82, 2.24) is 4.57 Å². The Hall–Kier alpha value is -1.94. The number of rotatable bonds is 4. The third kappa shape index (κ3) is 2.51. The van der Waals surface area contributed by atoms with Gasteiger partial charge in [0.25, 0.3) is 5.56 Å². The number of ether oxygens (including phenoxy) is 2. The Morgan fingerprint density at radius 1 is 1.15 bits per heavy atom. The number of methoxy groups -OCH3 is 2. The lowest BCUT2D eigenvalue weighted by Gasteiger charge is -2.14. The fourth-order valence-electron chi connectivity index (χ4n) is 2.07. The van der Waals surface area contributed by atoms with Gasteiger partial charge in [0.2, 0.25) is 0 Å². The van der Waals surface area contributed by atoms with Gasteiger partial charge in [0.15, 0.2) is 0 Å². The number of halogens is 1. The first kappa shape index (κ1) is 14.5. The summed E-state index contributed by atoms with van der Waals surface area (Å²) in [6.45, 7) is 0. The van der Waals surface area contributed by atoms with Crippen LogP contribution >= 0.6 is 11.6 Å². The lowest BCUT2D eigenvalue weighted by atomic mass is 10.1. The van der Waals surface area contributed by atoms with Crippen LogP contribution < -0.4 is 15.0 Å². The molecular weight excluding hydrogens is 278 g/mol. The van der Waals surface area contributed by atoms with E-state index in [1.807, 2.05) is 18.2 Å². The van der Waals surface area contributed by atoms with E-state index in [9.17, 15) is 4.79 Å². The Bertz CT molecular complexity index is 679. The van der Waals surface area contributed by atoms with Gasteiger partial charge >= 0.3 is 0 Å². The first-order valence-corrected chi connectivity index (χ1v) is 6.63. The Morgan fingerprint density at radius 3 is 2.50 bits per heavy atom. The van der Waals surface area contributed by atoms with Crippen molar-refractivity contribution in [2.45, 2.75) is 5.88 Å². The Balaban J connectivity index is 2.63. The van der Waals surface area contributed by atoms with Crippen LogP contribution in [0.1, 0.15) is 5.56 Å². The zero-order valence-corrected chi connectivity index (χ0v) is 12.4. The molecule has 5 heteroatoms. The van der Waals surface area contributed by atoms with Crippen LogP contribution in [0.25, 0.3) is 11.3 Å². The van der Waals surface area contributed by atoms with Crippen molar-refractivity contribution in [3.05, 3.63) is 46.2 Å². The summed E-state index contributed by atoms with van der Waals surface area (Å²) in [6.07, 6.45) is 0. The number of benzene rings is 1. The summed E-state index contributed by atoms with van der Waals surface area (Å²) in [6, 6.07) is 9.09. The average molecular weight is 294 g/mol. The third-order valence-corrected chi connectivity index (χ3v) is 3.50. The summed E-state index contributed by atoms with van der Waals surface area (Å²) < 4.78 is 12.1. The van der Waals surface area contributed by atoms with Crippen molar-refractivity contribution in [2.75, 3.05) is 14.2 Å². The van der Waals surface area contributed by atoms with Crippen LogP contribution in [0.2, 0.25) is 0 Å². The first-order valence-electron chi connectivity index (χ1n) is 6.09. The number of pyridine rings is 1. The van der Waals surface area contributed by atoms with E-state index in [2.05, 4.69) is 0 Å². The molecule has 0 spiro atoms. The maximum Gasteiger partial charge on any atom is 0.255 e. The second-order valence-corrected chi connectivity index (χ2v) is 4.58. The fourth-order valence-corrected chi connectivity index (χ4v) is 2.27. The lowest BCUT2D eigenvalue weighted by Crippen LogP contribution is -2.21. The standard InChI is InChI=1S/C15H16ClNO3/c1-17-13(7-4-10(9-16)15(17)18)12-6-5-11(19-2)8-14(12)20-3/h4-8H,9H2,1-3H3. The number of hydrogen-bond acceptors (Lipinski definition) is 3. The average Bonchev–Trinajstić information content (AvgIpc) is 2.49. The molecule has 0 aliphatic heterocycles. The largest absolute Gasteiger partial charge is 0.497 e. The molecule has 2 rings (SSSR count). The van der Waals surface area contributed by atoms with Gasteiger partial charge in [-0.3, -0.25) is 4.79 Å². The smallest absolute Gasteiger partial charge is 0.255 e. The molecule has 0 radical (unpaired) electrons. The first-order chi connectivity index (χ1) is 9.62. The summed E-state index contributed by atoms with van der Waals surface area (Å²) in [5, 5.41) is 0. The van der Waals surface area contributed by atoms with E-state index in [0.717, 1.165) is 11.3 Å².